The number of amides is 2. The Balaban J connectivity index is 1.26. The van der Waals surface area contributed by atoms with E-state index >= 15 is 0 Å². The number of para-hydroxylation sites is 1. The van der Waals surface area contributed by atoms with Crippen LogP contribution in [0.5, 0.6) is 0 Å². The number of nitrogens with zero attached hydrogens (tertiary/aromatic N) is 2. The molecule has 4 rings (SSSR count). The third-order valence-corrected chi connectivity index (χ3v) is 6.31. The molecule has 1 atom stereocenters. The number of nitrogens with one attached hydrogen (secondary N) is 2. The van der Waals surface area contributed by atoms with E-state index < -0.39 is 23.7 Å². The summed E-state index contributed by atoms with van der Waals surface area (Å²) in [6, 6.07) is 9.45. The maximum Gasteiger partial charge on any atom is 0.307 e. The molecule has 1 aliphatic heterocycles. The van der Waals surface area contributed by atoms with E-state index in [1.54, 1.807) is 12.3 Å². The second-order valence-corrected chi connectivity index (χ2v) is 8.35. The van der Waals surface area contributed by atoms with Crippen LogP contribution in [0.3, 0.4) is 0 Å². The van der Waals surface area contributed by atoms with Gasteiger partial charge in [-0.25, -0.2) is 4.68 Å². The van der Waals surface area contributed by atoms with Gasteiger partial charge in [-0.3, -0.25) is 14.4 Å². The van der Waals surface area contributed by atoms with Gasteiger partial charge in [-0.15, -0.1) is 11.8 Å². The van der Waals surface area contributed by atoms with Gasteiger partial charge in [-0.1, -0.05) is 25.0 Å². The molecular weight excluding hydrogens is 392 g/mol. The van der Waals surface area contributed by atoms with Crippen LogP contribution < -0.4 is 10.6 Å². The molecule has 8 nitrogen and oxygen atoms in total. The number of carbonyl (C=O) groups is 3. The van der Waals surface area contributed by atoms with Crippen LogP contribution in [0.25, 0.3) is 0 Å². The molecule has 1 aromatic heterocycles. The molecule has 1 fully saturated rings. The van der Waals surface area contributed by atoms with E-state index in [1.807, 2.05) is 28.9 Å². The molecule has 1 aliphatic carbocycles. The molecule has 0 bridgehead atoms. The summed E-state index contributed by atoms with van der Waals surface area (Å²) in [6.07, 6.45) is 5.96. The average Bonchev–Trinajstić information content (AvgIpc) is 3.38. The van der Waals surface area contributed by atoms with Gasteiger partial charge in [0.25, 0.3) is 5.91 Å². The Morgan fingerprint density at radius 2 is 2.03 bits per heavy atom. The molecule has 0 saturated heterocycles. The third-order valence-electron chi connectivity index (χ3n) is 5.03. The quantitative estimate of drug-likeness (QED) is 0.705. The molecule has 29 heavy (non-hydrogen) atoms. The maximum atomic E-state index is 12.2. The lowest BCUT2D eigenvalue weighted by molar-refractivity contribution is -0.147. The number of esters is 1. The number of aromatic nitrogens is 2. The van der Waals surface area contributed by atoms with Gasteiger partial charge in [0.1, 0.15) is 5.82 Å². The minimum atomic E-state index is -0.587. The molecular formula is C20H22N4O4S. The third kappa shape index (κ3) is 4.61. The smallest absolute Gasteiger partial charge is 0.307 e. The van der Waals surface area contributed by atoms with Crippen LogP contribution in [-0.4, -0.2) is 39.4 Å². The summed E-state index contributed by atoms with van der Waals surface area (Å²) in [5.74, 6) is -0.645. The summed E-state index contributed by atoms with van der Waals surface area (Å²) in [5.41, 5.74) is 0.741. The van der Waals surface area contributed by atoms with Crippen LogP contribution in [0.4, 0.5) is 11.5 Å². The zero-order valence-electron chi connectivity index (χ0n) is 15.8. The van der Waals surface area contributed by atoms with Gasteiger partial charge < -0.3 is 15.4 Å². The SMILES string of the molecule is O=C(COC(=O)C[C@H]1Sc2ccccc2NC1=O)Nc1ccnn1C1CCCC1. The lowest BCUT2D eigenvalue weighted by Gasteiger charge is -2.23. The molecule has 1 aromatic carbocycles. The van der Waals surface area contributed by atoms with Crippen molar-refractivity contribution in [2.75, 3.05) is 17.2 Å². The topological polar surface area (TPSA) is 102 Å². The molecule has 1 saturated carbocycles. The van der Waals surface area contributed by atoms with Crippen molar-refractivity contribution >= 4 is 41.1 Å². The number of ether oxygens (including phenoxy) is 1. The van der Waals surface area contributed by atoms with E-state index in [1.165, 1.54) is 11.8 Å². The minimum Gasteiger partial charge on any atom is -0.456 e. The lowest BCUT2D eigenvalue weighted by Crippen LogP contribution is -2.32. The highest BCUT2D eigenvalue weighted by atomic mass is 32.2. The fourth-order valence-corrected chi connectivity index (χ4v) is 4.71. The van der Waals surface area contributed by atoms with Gasteiger partial charge in [0, 0.05) is 11.0 Å². The first-order chi connectivity index (χ1) is 14.1. The first-order valence-electron chi connectivity index (χ1n) is 9.65. The molecule has 2 aliphatic rings. The lowest BCUT2D eigenvalue weighted by atomic mass is 10.2. The van der Waals surface area contributed by atoms with Crippen LogP contribution in [0, 0.1) is 0 Å². The summed E-state index contributed by atoms with van der Waals surface area (Å²) < 4.78 is 6.91. The highest BCUT2D eigenvalue weighted by molar-refractivity contribution is 8.01. The fourth-order valence-electron chi connectivity index (χ4n) is 3.62. The van der Waals surface area contributed by atoms with E-state index in [0.29, 0.717) is 11.9 Å². The molecule has 0 spiro atoms. The summed E-state index contributed by atoms with van der Waals surface area (Å²) in [5, 5.41) is 9.25. The summed E-state index contributed by atoms with van der Waals surface area (Å²) in [6.45, 7) is -0.399. The summed E-state index contributed by atoms with van der Waals surface area (Å²) in [4.78, 5) is 37.4. The number of hydrogen-bond donors (Lipinski definition) is 2. The summed E-state index contributed by atoms with van der Waals surface area (Å²) in [7, 11) is 0. The van der Waals surface area contributed by atoms with Crippen LogP contribution in [-0.2, 0) is 19.1 Å². The summed E-state index contributed by atoms with van der Waals surface area (Å²) >= 11 is 1.32. The zero-order chi connectivity index (χ0) is 20.2. The van der Waals surface area contributed by atoms with E-state index in [9.17, 15) is 14.4 Å². The van der Waals surface area contributed by atoms with Crippen LogP contribution >= 0.6 is 11.8 Å². The van der Waals surface area contributed by atoms with Crippen molar-refractivity contribution in [1.82, 2.24) is 9.78 Å². The predicted molar refractivity (Wildman–Crippen MR) is 109 cm³/mol. The molecule has 0 radical (unpaired) electrons. The standard InChI is InChI=1S/C20H22N4O4S/c25-18(23-17-9-10-21-24(17)13-5-1-2-6-13)12-28-19(26)11-16-20(27)22-14-7-3-4-8-15(14)29-16/h3-4,7-10,13,16H,1-2,5-6,11-12H2,(H,22,27)(H,23,25)/t16-/m1/s1. The van der Waals surface area contributed by atoms with Gasteiger partial charge >= 0.3 is 5.97 Å². The normalized spacial score (nSPS) is 18.8. The number of benzene rings is 1. The van der Waals surface area contributed by atoms with Crippen molar-refractivity contribution in [2.45, 2.75) is 48.3 Å². The number of hydrogen-bond acceptors (Lipinski definition) is 6. The Bertz CT molecular complexity index is 923. The van der Waals surface area contributed by atoms with Crippen molar-refractivity contribution in [1.29, 1.82) is 0 Å². The second-order valence-electron chi connectivity index (χ2n) is 7.10. The molecule has 9 heteroatoms. The Labute approximate surface area is 172 Å². The number of anilines is 2. The van der Waals surface area contributed by atoms with E-state index in [-0.39, 0.29) is 12.3 Å². The highest BCUT2D eigenvalue weighted by Crippen LogP contribution is 2.36. The minimum absolute atomic E-state index is 0.0991. The van der Waals surface area contributed by atoms with Gasteiger partial charge in [0.15, 0.2) is 6.61 Å². The number of thioether (sulfide) groups is 1. The highest BCUT2D eigenvalue weighted by Gasteiger charge is 2.29. The molecule has 2 aromatic rings. The fraction of sp³-hybridized carbons (Fsp3) is 0.400. The van der Waals surface area contributed by atoms with E-state index in [4.69, 9.17) is 4.74 Å². The van der Waals surface area contributed by atoms with Gasteiger partial charge in [0.2, 0.25) is 5.91 Å². The van der Waals surface area contributed by atoms with Gasteiger partial charge in [-0.2, -0.15) is 5.10 Å². The number of fused-ring (bicyclic) bond motifs is 1. The Hall–Kier alpha value is -2.81. The van der Waals surface area contributed by atoms with Crippen LogP contribution in [0.2, 0.25) is 0 Å². The van der Waals surface area contributed by atoms with Gasteiger partial charge in [0.05, 0.1) is 29.6 Å². The van der Waals surface area contributed by atoms with E-state index in [0.717, 1.165) is 36.3 Å². The van der Waals surface area contributed by atoms with Crippen molar-refractivity contribution in [2.24, 2.45) is 0 Å². The molecule has 2 heterocycles. The monoisotopic (exact) mass is 414 g/mol. The second kappa shape index (κ2) is 8.69. The molecule has 0 unspecified atom stereocenters. The van der Waals surface area contributed by atoms with Crippen molar-refractivity contribution in [3.05, 3.63) is 36.5 Å². The Kier molecular flexibility index (Phi) is 5.84. The van der Waals surface area contributed by atoms with Crippen LogP contribution in [0.1, 0.15) is 38.1 Å². The van der Waals surface area contributed by atoms with Crippen LogP contribution in [0.15, 0.2) is 41.4 Å². The largest absolute Gasteiger partial charge is 0.456 e. The van der Waals surface area contributed by atoms with Crippen molar-refractivity contribution in [3.63, 3.8) is 0 Å². The van der Waals surface area contributed by atoms with Gasteiger partial charge in [-0.05, 0) is 25.0 Å². The molecule has 2 amide bonds. The maximum absolute atomic E-state index is 12.2. The number of rotatable bonds is 6. The Morgan fingerprint density at radius 1 is 1.24 bits per heavy atom. The Morgan fingerprint density at radius 3 is 2.86 bits per heavy atom. The van der Waals surface area contributed by atoms with Crippen molar-refractivity contribution in [3.8, 4) is 0 Å². The molecule has 152 valence electrons. The number of carbonyl (C=O) groups excluding carboxylic acids is 3. The zero-order valence-corrected chi connectivity index (χ0v) is 16.6. The van der Waals surface area contributed by atoms with Crippen molar-refractivity contribution < 1.29 is 19.1 Å². The molecule has 2 N–H and O–H groups in total. The predicted octanol–water partition coefficient (Wildman–Crippen LogP) is 2.98. The van der Waals surface area contributed by atoms with E-state index in [2.05, 4.69) is 15.7 Å². The first-order valence-corrected chi connectivity index (χ1v) is 10.5. The average molecular weight is 414 g/mol. The first kappa shape index (κ1) is 19.5.